The van der Waals surface area contributed by atoms with E-state index in [9.17, 15) is 15.2 Å². The van der Waals surface area contributed by atoms with Gasteiger partial charge in [-0.3, -0.25) is 4.79 Å². The minimum Gasteiger partial charge on any atom is -0.396 e. The number of nitriles is 1. The average molecular weight is 293 g/mol. The van der Waals surface area contributed by atoms with Crippen LogP contribution in [0.5, 0.6) is 0 Å². The van der Waals surface area contributed by atoms with E-state index in [-0.39, 0.29) is 24.6 Å². The van der Waals surface area contributed by atoms with Crippen LogP contribution in [0, 0.1) is 22.7 Å². The zero-order valence-electron chi connectivity index (χ0n) is 13.1. The molecule has 3 N–H and O–H groups in total. The maximum Gasteiger partial charge on any atom is 0.241 e. The van der Waals surface area contributed by atoms with Gasteiger partial charge in [0, 0.05) is 11.5 Å². The van der Waals surface area contributed by atoms with Crippen molar-refractivity contribution in [2.24, 2.45) is 17.1 Å². The molecule has 1 aliphatic carbocycles. The summed E-state index contributed by atoms with van der Waals surface area (Å²) in [6.45, 7) is 4.00. The van der Waals surface area contributed by atoms with Crippen LogP contribution in [0.15, 0.2) is 0 Å². The van der Waals surface area contributed by atoms with Crippen LogP contribution in [0.2, 0.25) is 0 Å². The molecule has 1 heterocycles. The first-order chi connectivity index (χ1) is 9.96. The third-order valence-corrected chi connectivity index (χ3v) is 5.69. The van der Waals surface area contributed by atoms with E-state index in [1.807, 2.05) is 6.92 Å². The van der Waals surface area contributed by atoms with Gasteiger partial charge in [0.25, 0.3) is 0 Å². The molecule has 21 heavy (non-hydrogen) atoms. The maximum atomic E-state index is 12.9. The third-order valence-electron chi connectivity index (χ3n) is 5.69. The van der Waals surface area contributed by atoms with Gasteiger partial charge in [-0.2, -0.15) is 5.26 Å². The first-order valence-corrected chi connectivity index (χ1v) is 8.05. The Morgan fingerprint density at radius 2 is 2.05 bits per heavy atom. The highest BCUT2D eigenvalue weighted by molar-refractivity contribution is 5.84. The summed E-state index contributed by atoms with van der Waals surface area (Å²) in [5, 5.41) is 19.1. The first-order valence-electron chi connectivity index (χ1n) is 8.05. The fourth-order valence-electron chi connectivity index (χ4n) is 3.94. The summed E-state index contributed by atoms with van der Waals surface area (Å²) in [6.07, 6.45) is 5.46. The van der Waals surface area contributed by atoms with Gasteiger partial charge in [-0.1, -0.05) is 26.2 Å². The molecule has 1 unspecified atom stereocenters. The summed E-state index contributed by atoms with van der Waals surface area (Å²) in [4.78, 5) is 14.5. The monoisotopic (exact) mass is 293 g/mol. The molecule has 1 saturated heterocycles. The molecule has 1 amide bonds. The molecule has 0 bridgehead atoms. The van der Waals surface area contributed by atoms with Crippen molar-refractivity contribution in [1.29, 1.82) is 5.26 Å². The molecule has 0 aromatic rings. The topological polar surface area (TPSA) is 90.4 Å². The predicted octanol–water partition coefficient (Wildman–Crippen LogP) is 1.41. The molecular formula is C16H27N3O2. The number of aliphatic hydroxyl groups is 1. The van der Waals surface area contributed by atoms with Crippen LogP contribution in [0.3, 0.4) is 0 Å². The van der Waals surface area contributed by atoms with Crippen LogP contribution < -0.4 is 5.73 Å². The second-order valence-corrected chi connectivity index (χ2v) is 6.90. The van der Waals surface area contributed by atoms with Crippen LogP contribution in [0.25, 0.3) is 0 Å². The number of carbonyl (C=O) groups is 1. The average Bonchev–Trinajstić information content (AvgIpc) is 2.81. The van der Waals surface area contributed by atoms with E-state index >= 15 is 0 Å². The maximum absolute atomic E-state index is 12.9. The van der Waals surface area contributed by atoms with E-state index in [1.54, 1.807) is 4.90 Å². The van der Waals surface area contributed by atoms with Crippen molar-refractivity contribution < 1.29 is 9.90 Å². The van der Waals surface area contributed by atoms with Crippen LogP contribution in [-0.2, 0) is 4.79 Å². The van der Waals surface area contributed by atoms with Crippen molar-refractivity contribution in [2.45, 2.75) is 70.5 Å². The number of amides is 1. The fraction of sp³-hybridized carbons (Fsp3) is 0.875. The van der Waals surface area contributed by atoms with Gasteiger partial charge < -0.3 is 15.7 Å². The van der Waals surface area contributed by atoms with Crippen LogP contribution in [-0.4, -0.2) is 40.6 Å². The summed E-state index contributed by atoms with van der Waals surface area (Å²) < 4.78 is 0. The van der Waals surface area contributed by atoms with E-state index in [1.165, 1.54) is 0 Å². The van der Waals surface area contributed by atoms with Gasteiger partial charge >= 0.3 is 0 Å². The molecule has 4 atom stereocenters. The number of likely N-dealkylation sites (tertiary alicyclic amines) is 1. The highest BCUT2D eigenvalue weighted by Gasteiger charge is 2.47. The lowest BCUT2D eigenvalue weighted by molar-refractivity contribution is -0.139. The molecule has 118 valence electrons. The van der Waals surface area contributed by atoms with E-state index in [0.29, 0.717) is 12.3 Å². The van der Waals surface area contributed by atoms with Gasteiger partial charge in [0.15, 0.2) is 0 Å². The van der Waals surface area contributed by atoms with Gasteiger partial charge in [-0.15, -0.1) is 0 Å². The molecule has 2 fully saturated rings. The second kappa shape index (κ2) is 6.33. The summed E-state index contributed by atoms with van der Waals surface area (Å²) in [6, 6.07) is 1.18. The van der Waals surface area contributed by atoms with Crippen molar-refractivity contribution >= 4 is 5.91 Å². The Morgan fingerprint density at radius 1 is 1.43 bits per heavy atom. The molecule has 5 nitrogen and oxygen atoms in total. The normalized spacial score (nSPS) is 33.5. The lowest BCUT2D eigenvalue weighted by atomic mass is 9.69. The minimum atomic E-state index is -0.702. The molecule has 0 spiro atoms. The van der Waals surface area contributed by atoms with E-state index in [0.717, 1.165) is 32.1 Å². The van der Waals surface area contributed by atoms with Crippen LogP contribution >= 0.6 is 0 Å². The Kier molecular flexibility index (Phi) is 4.90. The number of rotatable bonds is 3. The number of nitrogens with zero attached hydrogens (tertiary/aromatic N) is 2. The quantitative estimate of drug-likeness (QED) is 0.823. The number of hydrogen-bond donors (Lipinski definition) is 2. The van der Waals surface area contributed by atoms with Gasteiger partial charge in [-0.05, 0) is 32.1 Å². The summed E-state index contributed by atoms with van der Waals surface area (Å²) in [7, 11) is 0. The van der Waals surface area contributed by atoms with E-state index in [2.05, 4.69) is 13.0 Å². The lowest BCUT2D eigenvalue weighted by Crippen LogP contribution is -2.57. The lowest BCUT2D eigenvalue weighted by Gasteiger charge is -2.42. The molecular weight excluding hydrogens is 266 g/mol. The van der Waals surface area contributed by atoms with Gasteiger partial charge in [-0.25, -0.2) is 0 Å². The highest BCUT2D eigenvalue weighted by Crippen LogP contribution is 2.40. The molecule has 0 radical (unpaired) electrons. The van der Waals surface area contributed by atoms with E-state index in [4.69, 9.17) is 5.73 Å². The van der Waals surface area contributed by atoms with Crippen molar-refractivity contribution in [3.63, 3.8) is 0 Å². The molecule has 0 aromatic heterocycles. The molecule has 0 aromatic carbocycles. The summed E-state index contributed by atoms with van der Waals surface area (Å²) in [5.41, 5.74) is 5.78. The zero-order chi connectivity index (χ0) is 15.6. The molecule has 2 rings (SSSR count). The molecule has 1 saturated carbocycles. The van der Waals surface area contributed by atoms with Crippen molar-refractivity contribution in [3.05, 3.63) is 0 Å². The number of hydrogen-bond acceptors (Lipinski definition) is 4. The number of aliphatic hydroxyl groups excluding tert-OH is 1. The SMILES string of the molecule is C[C@H]1C[C@@H](C#N)N(C(=O)C(N)C2(CO)CCCCC2)[C@H]1C. The standard InChI is InChI=1S/C16H27N3O2/c1-11-8-13(9-17)19(12(11)2)15(21)14(18)16(10-20)6-4-3-5-7-16/h11-14,20H,3-8,10,18H2,1-2H3/t11-,12-,13-,14?/m0/s1. The van der Waals surface area contributed by atoms with Gasteiger partial charge in [0.05, 0.1) is 18.7 Å². The molecule has 1 aliphatic heterocycles. The number of carbonyl (C=O) groups excluding carboxylic acids is 1. The minimum absolute atomic E-state index is 0.0348. The predicted molar refractivity (Wildman–Crippen MR) is 80.1 cm³/mol. The summed E-state index contributed by atoms with van der Waals surface area (Å²) >= 11 is 0. The Bertz CT molecular complexity index is 426. The van der Waals surface area contributed by atoms with Crippen molar-refractivity contribution in [1.82, 2.24) is 4.90 Å². The Morgan fingerprint density at radius 3 is 2.57 bits per heavy atom. The molecule has 2 aliphatic rings. The Balaban J connectivity index is 2.20. The van der Waals surface area contributed by atoms with E-state index < -0.39 is 11.5 Å². The first kappa shape index (κ1) is 16.3. The fourth-order valence-corrected chi connectivity index (χ4v) is 3.94. The second-order valence-electron chi connectivity index (χ2n) is 6.90. The smallest absolute Gasteiger partial charge is 0.241 e. The van der Waals surface area contributed by atoms with Gasteiger partial charge in [0.1, 0.15) is 6.04 Å². The molecule has 5 heteroatoms. The van der Waals surface area contributed by atoms with Crippen LogP contribution in [0.4, 0.5) is 0 Å². The van der Waals surface area contributed by atoms with Crippen LogP contribution in [0.1, 0.15) is 52.4 Å². The number of nitrogens with two attached hydrogens (primary N) is 1. The Hall–Kier alpha value is -1.12. The van der Waals surface area contributed by atoms with Gasteiger partial charge in [0.2, 0.25) is 5.91 Å². The summed E-state index contributed by atoms with van der Waals surface area (Å²) in [5.74, 6) is 0.150. The zero-order valence-corrected chi connectivity index (χ0v) is 13.1. The van der Waals surface area contributed by atoms with Crippen molar-refractivity contribution in [3.8, 4) is 6.07 Å². The third kappa shape index (κ3) is 2.79. The van der Waals surface area contributed by atoms with Crippen molar-refractivity contribution in [2.75, 3.05) is 6.61 Å². The Labute approximate surface area is 127 Å². The highest BCUT2D eigenvalue weighted by atomic mass is 16.3. The largest absolute Gasteiger partial charge is 0.396 e.